The number of guanidine groups is 1. The van der Waals surface area contributed by atoms with Crippen molar-refractivity contribution in [2.24, 2.45) is 4.99 Å². The molecular weight excluding hydrogens is 518 g/mol. The van der Waals surface area contributed by atoms with Gasteiger partial charge in [-0.1, -0.05) is 22.0 Å². The lowest BCUT2D eigenvalue weighted by Crippen LogP contribution is -2.39. The van der Waals surface area contributed by atoms with Gasteiger partial charge in [0.2, 0.25) is 5.91 Å². The van der Waals surface area contributed by atoms with Gasteiger partial charge in [-0.05, 0) is 37.5 Å². The van der Waals surface area contributed by atoms with Crippen molar-refractivity contribution >= 4 is 51.8 Å². The van der Waals surface area contributed by atoms with E-state index in [0.717, 1.165) is 10.9 Å². The van der Waals surface area contributed by atoms with Gasteiger partial charge in [0.1, 0.15) is 12.4 Å². The molecule has 0 aromatic heterocycles. The molecule has 0 fully saturated rings. The first kappa shape index (κ1) is 25.1. The Morgan fingerprint density at radius 2 is 2.04 bits per heavy atom. The predicted octanol–water partition coefficient (Wildman–Crippen LogP) is 2.46. The maximum absolute atomic E-state index is 13.8. The van der Waals surface area contributed by atoms with Gasteiger partial charge in [-0.3, -0.25) is 4.79 Å². The zero-order valence-corrected chi connectivity index (χ0v) is 19.0. The van der Waals surface area contributed by atoms with Crippen LogP contribution in [0.4, 0.5) is 4.39 Å². The van der Waals surface area contributed by atoms with Crippen LogP contribution < -0.4 is 16.0 Å². The smallest absolute Gasteiger partial charge is 0.241 e. The molecule has 0 aliphatic heterocycles. The van der Waals surface area contributed by atoms with Crippen molar-refractivity contribution in [3.8, 4) is 0 Å². The van der Waals surface area contributed by atoms with Gasteiger partial charge in [-0.2, -0.15) is 0 Å². The summed E-state index contributed by atoms with van der Waals surface area (Å²) in [5, 5.41) is 8.93. The number of rotatable bonds is 10. The summed E-state index contributed by atoms with van der Waals surface area (Å²) in [6.07, 6.45) is 1.38. The van der Waals surface area contributed by atoms with Crippen molar-refractivity contribution in [3.63, 3.8) is 0 Å². The van der Waals surface area contributed by atoms with Crippen LogP contribution in [0.15, 0.2) is 27.7 Å². The van der Waals surface area contributed by atoms with Crippen molar-refractivity contribution in [1.82, 2.24) is 16.0 Å². The number of carbonyl (C=O) groups excluding carboxylic acids is 1. The molecule has 3 N–H and O–H groups in total. The van der Waals surface area contributed by atoms with Gasteiger partial charge in [0, 0.05) is 31.2 Å². The Morgan fingerprint density at radius 3 is 2.69 bits per heavy atom. The quantitative estimate of drug-likeness (QED) is 0.183. The number of ether oxygens (including phenoxy) is 1. The Balaban J connectivity index is 0.00000625. The largest absolute Gasteiger partial charge is 0.383 e. The predicted molar refractivity (Wildman–Crippen MR) is 117 cm³/mol. The van der Waals surface area contributed by atoms with Gasteiger partial charge >= 0.3 is 0 Å². The maximum atomic E-state index is 13.8. The van der Waals surface area contributed by atoms with E-state index in [1.165, 1.54) is 6.07 Å². The molecule has 0 atom stereocenters. The van der Waals surface area contributed by atoms with Gasteiger partial charge in [-0.25, -0.2) is 9.38 Å². The van der Waals surface area contributed by atoms with Crippen LogP contribution in [0.5, 0.6) is 0 Å². The Hall–Kier alpha value is -0.940. The molecular formula is C17H27BrFIN4O2. The zero-order valence-electron chi connectivity index (χ0n) is 15.1. The molecule has 0 heterocycles. The second-order valence-corrected chi connectivity index (χ2v) is 6.22. The molecule has 26 heavy (non-hydrogen) atoms. The van der Waals surface area contributed by atoms with Crippen LogP contribution in [-0.2, 0) is 16.0 Å². The Labute approximate surface area is 179 Å². The number of amides is 1. The highest BCUT2D eigenvalue weighted by Crippen LogP contribution is 2.16. The summed E-state index contributed by atoms with van der Waals surface area (Å²) in [5.41, 5.74) is 0.685. The number of nitrogens with one attached hydrogen (secondary N) is 3. The summed E-state index contributed by atoms with van der Waals surface area (Å²) in [5.74, 6) is 0.203. The SMILES string of the molecule is CCNC(=NCC(=O)NCCOC)NCCCc1ccc(Br)cc1F.I. The highest BCUT2D eigenvalue weighted by atomic mass is 127. The molecule has 1 aromatic rings. The van der Waals surface area contributed by atoms with Crippen LogP contribution in [0.2, 0.25) is 0 Å². The van der Waals surface area contributed by atoms with E-state index in [4.69, 9.17) is 4.74 Å². The number of aryl methyl sites for hydroxylation is 1. The van der Waals surface area contributed by atoms with Gasteiger partial charge in [-0.15, -0.1) is 24.0 Å². The third-order valence-electron chi connectivity index (χ3n) is 3.28. The highest BCUT2D eigenvalue weighted by molar-refractivity contribution is 14.0. The van der Waals surface area contributed by atoms with Crippen LogP contribution in [0.1, 0.15) is 18.9 Å². The lowest BCUT2D eigenvalue weighted by atomic mass is 10.1. The summed E-state index contributed by atoms with van der Waals surface area (Å²) >= 11 is 3.25. The molecule has 0 spiro atoms. The number of nitrogens with zero attached hydrogens (tertiary/aromatic N) is 1. The summed E-state index contributed by atoms with van der Waals surface area (Å²) in [6.45, 7) is 4.26. The average Bonchev–Trinajstić information content (AvgIpc) is 2.58. The van der Waals surface area contributed by atoms with Crippen molar-refractivity contribution in [3.05, 3.63) is 34.1 Å². The van der Waals surface area contributed by atoms with E-state index in [1.807, 2.05) is 13.0 Å². The van der Waals surface area contributed by atoms with E-state index >= 15 is 0 Å². The first-order valence-electron chi connectivity index (χ1n) is 8.28. The van der Waals surface area contributed by atoms with Crippen molar-refractivity contribution in [1.29, 1.82) is 0 Å². The fourth-order valence-electron chi connectivity index (χ4n) is 2.05. The van der Waals surface area contributed by atoms with Crippen LogP contribution in [0, 0.1) is 5.82 Å². The normalized spacial score (nSPS) is 10.8. The van der Waals surface area contributed by atoms with Crippen LogP contribution in [0.25, 0.3) is 0 Å². The topological polar surface area (TPSA) is 74.8 Å². The van der Waals surface area contributed by atoms with Crippen molar-refractivity contribution < 1.29 is 13.9 Å². The van der Waals surface area contributed by atoms with E-state index in [2.05, 4.69) is 36.9 Å². The minimum Gasteiger partial charge on any atom is -0.383 e. The molecule has 0 radical (unpaired) electrons. The number of halogens is 3. The lowest BCUT2D eigenvalue weighted by molar-refractivity contribution is -0.119. The molecule has 1 amide bonds. The van der Waals surface area contributed by atoms with E-state index in [1.54, 1.807) is 13.2 Å². The lowest BCUT2D eigenvalue weighted by Gasteiger charge is -2.11. The van der Waals surface area contributed by atoms with Crippen molar-refractivity contribution in [2.45, 2.75) is 19.8 Å². The summed E-state index contributed by atoms with van der Waals surface area (Å²) in [7, 11) is 1.58. The van der Waals surface area contributed by atoms with Crippen LogP contribution in [0.3, 0.4) is 0 Å². The maximum Gasteiger partial charge on any atom is 0.241 e. The Kier molecular flexibility index (Phi) is 14.6. The number of hydrogen-bond donors (Lipinski definition) is 3. The summed E-state index contributed by atoms with van der Waals surface area (Å²) in [6, 6.07) is 5.08. The third kappa shape index (κ3) is 10.9. The minimum atomic E-state index is -0.206. The number of hydrogen-bond acceptors (Lipinski definition) is 3. The van der Waals surface area contributed by atoms with E-state index < -0.39 is 0 Å². The highest BCUT2D eigenvalue weighted by Gasteiger charge is 2.04. The van der Waals surface area contributed by atoms with E-state index in [9.17, 15) is 9.18 Å². The van der Waals surface area contributed by atoms with E-state index in [-0.39, 0.29) is 42.2 Å². The molecule has 1 rings (SSSR count). The number of carbonyl (C=O) groups is 1. The van der Waals surface area contributed by atoms with Crippen LogP contribution >= 0.6 is 39.9 Å². The molecule has 1 aromatic carbocycles. The molecule has 0 bridgehead atoms. The molecule has 148 valence electrons. The third-order valence-corrected chi connectivity index (χ3v) is 3.78. The van der Waals surface area contributed by atoms with Gasteiger partial charge < -0.3 is 20.7 Å². The number of aliphatic imine (C=N–C) groups is 1. The fourth-order valence-corrected chi connectivity index (χ4v) is 2.38. The summed E-state index contributed by atoms with van der Waals surface area (Å²) < 4.78 is 19.4. The Morgan fingerprint density at radius 1 is 1.27 bits per heavy atom. The van der Waals surface area contributed by atoms with E-state index in [0.29, 0.717) is 44.2 Å². The monoisotopic (exact) mass is 544 g/mol. The second kappa shape index (κ2) is 15.2. The van der Waals surface area contributed by atoms with Gasteiger partial charge in [0.05, 0.1) is 6.61 Å². The van der Waals surface area contributed by atoms with Gasteiger partial charge in [0.15, 0.2) is 5.96 Å². The zero-order chi connectivity index (χ0) is 18.5. The number of benzene rings is 1. The van der Waals surface area contributed by atoms with Crippen molar-refractivity contribution in [2.75, 3.05) is 39.9 Å². The van der Waals surface area contributed by atoms with Crippen LogP contribution in [-0.4, -0.2) is 51.8 Å². The summed E-state index contributed by atoms with van der Waals surface area (Å²) in [4.78, 5) is 15.9. The average molecular weight is 545 g/mol. The first-order valence-corrected chi connectivity index (χ1v) is 9.07. The number of methoxy groups -OCH3 is 1. The molecule has 0 saturated carbocycles. The minimum absolute atomic E-state index is 0. The molecule has 0 aliphatic rings. The molecule has 0 aliphatic carbocycles. The second-order valence-electron chi connectivity index (χ2n) is 5.30. The molecule has 6 nitrogen and oxygen atoms in total. The van der Waals surface area contributed by atoms with Gasteiger partial charge in [0.25, 0.3) is 0 Å². The molecule has 0 saturated heterocycles. The molecule has 0 unspecified atom stereocenters. The fraction of sp³-hybridized carbons (Fsp3) is 0.529. The molecule has 9 heteroatoms. The standard InChI is InChI=1S/C17H26BrFN4O2.HI/c1-3-20-17(23-12-16(24)21-9-10-25-2)22-8-4-5-13-6-7-14(18)11-15(13)19;/h6-7,11H,3-5,8-10,12H2,1-2H3,(H,21,24)(H2,20,22,23);1H. The first-order chi connectivity index (χ1) is 12.1. The Bertz CT molecular complexity index is 576.